The normalized spacial score (nSPS) is 22.8. The first-order valence-electron chi connectivity index (χ1n) is 12.7. The van der Waals surface area contributed by atoms with Crippen LogP contribution in [-0.2, 0) is 22.7 Å². The summed E-state index contributed by atoms with van der Waals surface area (Å²) in [6.07, 6.45) is 4.49. The standard InChI is InChI=1S/C31H32N2O2S/c1-22-9-8-14-25(17-22)21-33-27-19-26(30(34)32-20-24-12-6-3-7-13-24)15-16-28(27)36-29(31(33)35)18-23-10-4-2-5-11-23/h2-14,17-18,26-28H,15-16,19-21H2,1H3,(H,32,34)/b29-18-. The van der Waals surface area contributed by atoms with Gasteiger partial charge in [-0.2, -0.15) is 0 Å². The number of carbonyl (C=O) groups is 2. The molecule has 1 aliphatic carbocycles. The zero-order valence-electron chi connectivity index (χ0n) is 20.6. The van der Waals surface area contributed by atoms with Crippen LogP contribution >= 0.6 is 11.8 Å². The van der Waals surface area contributed by atoms with Crippen LogP contribution in [0, 0.1) is 12.8 Å². The predicted octanol–water partition coefficient (Wildman–Crippen LogP) is 5.97. The molecule has 4 nitrogen and oxygen atoms in total. The Hall–Kier alpha value is -3.31. The highest BCUT2D eigenvalue weighted by atomic mass is 32.2. The fraction of sp³-hybridized carbons (Fsp3) is 0.290. The Morgan fingerprint density at radius 3 is 2.44 bits per heavy atom. The van der Waals surface area contributed by atoms with E-state index in [0.717, 1.165) is 34.4 Å². The van der Waals surface area contributed by atoms with Gasteiger partial charge < -0.3 is 10.2 Å². The van der Waals surface area contributed by atoms with E-state index in [2.05, 4.69) is 30.4 Å². The van der Waals surface area contributed by atoms with E-state index in [1.807, 2.05) is 77.7 Å². The van der Waals surface area contributed by atoms with Crippen molar-refractivity contribution >= 4 is 29.7 Å². The molecule has 1 saturated carbocycles. The zero-order valence-corrected chi connectivity index (χ0v) is 21.4. The van der Waals surface area contributed by atoms with Crippen molar-refractivity contribution in [1.82, 2.24) is 10.2 Å². The second-order valence-corrected chi connectivity index (χ2v) is 11.1. The van der Waals surface area contributed by atoms with Crippen molar-refractivity contribution < 1.29 is 9.59 Å². The molecule has 0 radical (unpaired) electrons. The van der Waals surface area contributed by atoms with Crippen molar-refractivity contribution in [2.24, 2.45) is 5.92 Å². The van der Waals surface area contributed by atoms with Crippen LogP contribution in [0.2, 0.25) is 0 Å². The van der Waals surface area contributed by atoms with Crippen LogP contribution in [0.4, 0.5) is 0 Å². The summed E-state index contributed by atoms with van der Waals surface area (Å²) in [4.78, 5) is 29.7. The highest BCUT2D eigenvalue weighted by Crippen LogP contribution is 2.44. The monoisotopic (exact) mass is 496 g/mol. The number of aryl methyl sites for hydroxylation is 1. The van der Waals surface area contributed by atoms with Gasteiger partial charge in [-0.1, -0.05) is 90.5 Å². The van der Waals surface area contributed by atoms with E-state index in [4.69, 9.17) is 0 Å². The Labute approximate surface area is 217 Å². The van der Waals surface area contributed by atoms with Crippen molar-refractivity contribution in [2.45, 2.75) is 50.6 Å². The van der Waals surface area contributed by atoms with Gasteiger partial charge in [0.1, 0.15) is 0 Å². The molecule has 5 rings (SSSR count). The molecule has 0 bridgehead atoms. The maximum Gasteiger partial charge on any atom is 0.260 e. The number of nitrogens with zero attached hydrogens (tertiary/aromatic N) is 1. The molecule has 1 aliphatic heterocycles. The fourth-order valence-corrected chi connectivity index (χ4v) is 6.67. The molecule has 1 saturated heterocycles. The third kappa shape index (κ3) is 5.73. The van der Waals surface area contributed by atoms with E-state index < -0.39 is 0 Å². The largest absolute Gasteiger partial charge is 0.352 e. The minimum atomic E-state index is -0.0805. The number of rotatable bonds is 6. The zero-order chi connectivity index (χ0) is 24.9. The number of hydrogen-bond acceptors (Lipinski definition) is 3. The van der Waals surface area contributed by atoms with Crippen molar-refractivity contribution in [3.63, 3.8) is 0 Å². The lowest BCUT2D eigenvalue weighted by atomic mass is 9.83. The Morgan fingerprint density at radius 2 is 1.69 bits per heavy atom. The average molecular weight is 497 g/mol. The number of thioether (sulfide) groups is 1. The van der Waals surface area contributed by atoms with Crippen LogP contribution in [0.25, 0.3) is 6.08 Å². The molecule has 36 heavy (non-hydrogen) atoms. The van der Waals surface area contributed by atoms with Crippen LogP contribution in [0.1, 0.15) is 41.5 Å². The quantitative estimate of drug-likeness (QED) is 0.428. The molecule has 2 amide bonds. The number of carbonyl (C=O) groups excluding carboxylic acids is 2. The van der Waals surface area contributed by atoms with Gasteiger partial charge in [0.05, 0.1) is 4.91 Å². The molecular weight excluding hydrogens is 464 g/mol. The summed E-state index contributed by atoms with van der Waals surface area (Å²) < 4.78 is 0. The summed E-state index contributed by atoms with van der Waals surface area (Å²) in [5.41, 5.74) is 4.45. The molecule has 3 aromatic rings. The molecule has 3 aromatic carbocycles. The van der Waals surface area contributed by atoms with Gasteiger partial charge in [-0.15, -0.1) is 11.8 Å². The smallest absolute Gasteiger partial charge is 0.260 e. The Kier molecular flexibility index (Phi) is 7.57. The molecule has 0 aromatic heterocycles. The molecule has 1 heterocycles. The third-order valence-corrected chi connectivity index (χ3v) is 8.52. The number of hydrogen-bond donors (Lipinski definition) is 1. The lowest BCUT2D eigenvalue weighted by Gasteiger charge is -2.46. The molecule has 2 aliphatic rings. The molecule has 3 unspecified atom stereocenters. The first-order chi connectivity index (χ1) is 17.6. The molecular formula is C31H32N2O2S. The number of nitrogens with one attached hydrogen (secondary N) is 1. The minimum absolute atomic E-state index is 0.0390. The summed E-state index contributed by atoms with van der Waals surface area (Å²) in [6.45, 7) is 3.18. The summed E-state index contributed by atoms with van der Waals surface area (Å²) >= 11 is 1.70. The molecule has 0 spiro atoms. The van der Waals surface area contributed by atoms with Gasteiger partial charge in [0.25, 0.3) is 5.91 Å². The van der Waals surface area contributed by atoms with Gasteiger partial charge in [-0.05, 0) is 49.0 Å². The van der Waals surface area contributed by atoms with E-state index in [9.17, 15) is 9.59 Å². The first kappa shape index (κ1) is 24.4. The summed E-state index contributed by atoms with van der Waals surface area (Å²) in [7, 11) is 0. The van der Waals surface area contributed by atoms with Gasteiger partial charge >= 0.3 is 0 Å². The van der Waals surface area contributed by atoms with E-state index in [-0.39, 0.29) is 23.8 Å². The Bertz CT molecular complexity index is 1240. The van der Waals surface area contributed by atoms with Crippen molar-refractivity contribution in [3.05, 3.63) is 112 Å². The lowest BCUT2D eigenvalue weighted by molar-refractivity contribution is -0.133. The van der Waals surface area contributed by atoms with Crippen LogP contribution in [0.5, 0.6) is 0 Å². The van der Waals surface area contributed by atoms with Crippen molar-refractivity contribution in [3.8, 4) is 0 Å². The van der Waals surface area contributed by atoms with Gasteiger partial charge in [-0.3, -0.25) is 9.59 Å². The third-order valence-electron chi connectivity index (χ3n) is 7.12. The SMILES string of the molecule is Cc1cccc(CN2C(=O)/C(=C/c3ccccc3)SC3CCC(C(=O)NCc4ccccc4)CC32)c1. The first-order valence-corrected chi connectivity index (χ1v) is 13.6. The van der Waals surface area contributed by atoms with Crippen LogP contribution in [-0.4, -0.2) is 28.0 Å². The molecule has 184 valence electrons. The van der Waals surface area contributed by atoms with E-state index in [1.165, 1.54) is 5.56 Å². The minimum Gasteiger partial charge on any atom is -0.352 e. The maximum atomic E-state index is 13.8. The lowest BCUT2D eigenvalue weighted by Crippen LogP contribution is -2.53. The average Bonchev–Trinajstić information content (AvgIpc) is 2.90. The van der Waals surface area contributed by atoms with E-state index >= 15 is 0 Å². The van der Waals surface area contributed by atoms with Crippen molar-refractivity contribution in [1.29, 1.82) is 0 Å². The Morgan fingerprint density at radius 1 is 0.972 bits per heavy atom. The Balaban J connectivity index is 1.36. The topological polar surface area (TPSA) is 49.4 Å². The highest BCUT2D eigenvalue weighted by molar-refractivity contribution is 8.04. The summed E-state index contributed by atoms with van der Waals surface area (Å²) in [6, 6.07) is 28.5. The number of fused-ring (bicyclic) bond motifs is 1. The van der Waals surface area contributed by atoms with Crippen LogP contribution in [0.15, 0.2) is 89.8 Å². The van der Waals surface area contributed by atoms with Gasteiger partial charge in [0, 0.05) is 30.3 Å². The van der Waals surface area contributed by atoms with Crippen molar-refractivity contribution in [2.75, 3.05) is 0 Å². The fourth-order valence-electron chi connectivity index (χ4n) is 5.25. The van der Waals surface area contributed by atoms with Crippen LogP contribution < -0.4 is 5.32 Å². The number of benzene rings is 3. The maximum absolute atomic E-state index is 13.8. The van der Waals surface area contributed by atoms with Gasteiger partial charge in [0.2, 0.25) is 5.91 Å². The summed E-state index contributed by atoms with van der Waals surface area (Å²) in [5.74, 6) is 0.0795. The molecule has 3 atom stereocenters. The summed E-state index contributed by atoms with van der Waals surface area (Å²) in [5, 5.41) is 3.42. The van der Waals surface area contributed by atoms with Gasteiger partial charge in [0.15, 0.2) is 0 Å². The van der Waals surface area contributed by atoms with E-state index in [0.29, 0.717) is 24.8 Å². The molecule has 1 N–H and O–H groups in total. The second kappa shape index (κ2) is 11.2. The number of amides is 2. The highest BCUT2D eigenvalue weighted by Gasteiger charge is 2.44. The second-order valence-electron chi connectivity index (χ2n) is 9.78. The van der Waals surface area contributed by atoms with Gasteiger partial charge in [-0.25, -0.2) is 0 Å². The molecule has 2 fully saturated rings. The van der Waals surface area contributed by atoms with E-state index in [1.54, 1.807) is 11.8 Å². The predicted molar refractivity (Wildman–Crippen MR) is 147 cm³/mol. The molecule has 5 heteroatoms. The van der Waals surface area contributed by atoms with Crippen LogP contribution in [0.3, 0.4) is 0 Å².